The van der Waals surface area contributed by atoms with E-state index in [1.165, 1.54) is 6.42 Å². The lowest BCUT2D eigenvalue weighted by Gasteiger charge is -2.07. The second-order valence-corrected chi connectivity index (χ2v) is 2.72. The second kappa shape index (κ2) is 3.94. The first-order valence-corrected chi connectivity index (χ1v) is 4.13. The Morgan fingerprint density at radius 1 is 1.40 bits per heavy atom. The minimum atomic E-state index is 0.0801. The number of rotatable bonds is 3. The molecule has 2 heteroatoms. The molecular weight excluding hydrogens is 128 g/mol. The van der Waals surface area contributed by atoms with Crippen molar-refractivity contribution in [2.45, 2.75) is 45.5 Å². The molecule has 0 spiro atoms. The predicted molar refractivity (Wildman–Crippen MR) is 39.8 cm³/mol. The molecule has 1 saturated heterocycles. The fourth-order valence-electron chi connectivity index (χ4n) is 1.20. The summed E-state index contributed by atoms with van der Waals surface area (Å²) < 4.78 is 10.9. The zero-order chi connectivity index (χ0) is 7.40. The molecule has 0 amide bonds. The van der Waals surface area contributed by atoms with Crippen LogP contribution in [0.3, 0.4) is 0 Å². The van der Waals surface area contributed by atoms with Gasteiger partial charge in [0.05, 0.1) is 12.7 Å². The molecule has 0 radical (unpaired) electrons. The summed E-state index contributed by atoms with van der Waals surface area (Å²) in [5.74, 6) is 0. The van der Waals surface area contributed by atoms with Crippen LogP contribution in [0.15, 0.2) is 0 Å². The molecule has 0 aliphatic carbocycles. The number of hydrogen-bond acceptors (Lipinski definition) is 2. The highest BCUT2D eigenvalue weighted by atomic mass is 16.7. The molecular formula is C8H16O2. The summed E-state index contributed by atoms with van der Waals surface area (Å²) in [6.07, 6.45) is 3.74. The second-order valence-electron chi connectivity index (χ2n) is 2.72. The van der Waals surface area contributed by atoms with Crippen LogP contribution in [0.1, 0.15) is 33.1 Å². The van der Waals surface area contributed by atoms with Crippen molar-refractivity contribution >= 4 is 0 Å². The summed E-state index contributed by atoms with van der Waals surface area (Å²) in [4.78, 5) is 0. The lowest BCUT2D eigenvalue weighted by Crippen LogP contribution is -2.10. The van der Waals surface area contributed by atoms with E-state index in [1.807, 2.05) is 0 Å². The van der Waals surface area contributed by atoms with Gasteiger partial charge in [0.15, 0.2) is 6.29 Å². The summed E-state index contributed by atoms with van der Waals surface area (Å²) in [6, 6.07) is 0. The fourth-order valence-corrected chi connectivity index (χ4v) is 1.20. The van der Waals surface area contributed by atoms with Gasteiger partial charge < -0.3 is 9.47 Å². The molecule has 0 saturated carbocycles. The maximum atomic E-state index is 5.53. The van der Waals surface area contributed by atoms with E-state index in [4.69, 9.17) is 9.47 Å². The van der Waals surface area contributed by atoms with Gasteiger partial charge in [-0.25, -0.2) is 0 Å². The molecule has 1 aliphatic rings. The van der Waals surface area contributed by atoms with Gasteiger partial charge in [-0.15, -0.1) is 0 Å². The smallest absolute Gasteiger partial charge is 0.157 e. The van der Waals surface area contributed by atoms with Crippen molar-refractivity contribution in [1.29, 1.82) is 0 Å². The van der Waals surface area contributed by atoms with E-state index in [9.17, 15) is 0 Å². The molecule has 2 unspecified atom stereocenters. The Kier molecular flexibility index (Phi) is 3.16. The van der Waals surface area contributed by atoms with E-state index in [2.05, 4.69) is 13.8 Å². The van der Waals surface area contributed by atoms with Gasteiger partial charge in [0.1, 0.15) is 0 Å². The third-order valence-electron chi connectivity index (χ3n) is 1.76. The lowest BCUT2D eigenvalue weighted by atomic mass is 10.2. The fraction of sp³-hybridized carbons (Fsp3) is 1.00. The molecule has 0 aromatic rings. The standard InChI is InChI=1S/C8H16O2/c1-3-5-7-6-9-8(4-2)10-7/h7-8H,3-6H2,1-2H3. The molecule has 1 heterocycles. The highest BCUT2D eigenvalue weighted by Crippen LogP contribution is 2.17. The van der Waals surface area contributed by atoms with Crippen LogP contribution in [0.4, 0.5) is 0 Å². The Bertz CT molecular complexity index is 93.3. The monoisotopic (exact) mass is 144 g/mol. The summed E-state index contributed by atoms with van der Waals surface area (Å²) >= 11 is 0. The molecule has 0 aromatic heterocycles. The van der Waals surface area contributed by atoms with Crippen LogP contribution < -0.4 is 0 Å². The van der Waals surface area contributed by atoms with E-state index in [1.54, 1.807) is 0 Å². The van der Waals surface area contributed by atoms with Crippen LogP contribution in [0.5, 0.6) is 0 Å². The Morgan fingerprint density at radius 2 is 2.20 bits per heavy atom. The van der Waals surface area contributed by atoms with Gasteiger partial charge in [-0.2, -0.15) is 0 Å². The molecule has 2 nitrogen and oxygen atoms in total. The first-order chi connectivity index (χ1) is 4.86. The first-order valence-electron chi connectivity index (χ1n) is 4.13. The van der Waals surface area contributed by atoms with Crippen molar-refractivity contribution in [3.63, 3.8) is 0 Å². The summed E-state index contributed by atoms with van der Waals surface area (Å²) in [5.41, 5.74) is 0. The summed E-state index contributed by atoms with van der Waals surface area (Å²) in [6.45, 7) is 5.05. The van der Waals surface area contributed by atoms with Crippen molar-refractivity contribution in [3.8, 4) is 0 Å². The van der Waals surface area contributed by atoms with Gasteiger partial charge in [0.25, 0.3) is 0 Å². The molecule has 0 bridgehead atoms. The molecule has 0 aromatic carbocycles. The highest BCUT2D eigenvalue weighted by Gasteiger charge is 2.22. The molecule has 2 atom stereocenters. The van der Waals surface area contributed by atoms with Gasteiger partial charge in [-0.1, -0.05) is 20.3 Å². The first kappa shape index (κ1) is 8.02. The van der Waals surface area contributed by atoms with Crippen molar-refractivity contribution < 1.29 is 9.47 Å². The van der Waals surface area contributed by atoms with Crippen molar-refractivity contribution in [3.05, 3.63) is 0 Å². The Morgan fingerprint density at radius 3 is 2.70 bits per heavy atom. The average Bonchev–Trinajstić information content (AvgIpc) is 2.37. The SMILES string of the molecule is CCCC1COC(CC)O1. The largest absolute Gasteiger partial charge is 0.350 e. The maximum absolute atomic E-state index is 5.53. The van der Waals surface area contributed by atoms with Crippen molar-refractivity contribution in [1.82, 2.24) is 0 Å². The zero-order valence-corrected chi connectivity index (χ0v) is 6.80. The van der Waals surface area contributed by atoms with Gasteiger partial charge in [0, 0.05) is 0 Å². The molecule has 1 fully saturated rings. The topological polar surface area (TPSA) is 18.5 Å². The predicted octanol–water partition coefficient (Wildman–Crippen LogP) is 1.94. The third kappa shape index (κ3) is 1.96. The molecule has 1 aliphatic heterocycles. The van der Waals surface area contributed by atoms with E-state index in [0.717, 1.165) is 19.4 Å². The zero-order valence-electron chi connectivity index (χ0n) is 6.80. The van der Waals surface area contributed by atoms with Crippen LogP contribution >= 0.6 is 0 Å². The summed E-state index contributed by atoms with van der Waals surface area (Å²) in [5, 5.41) is 0. The number of ether oxygens (including phenoxy) is 2. The quantitative estimate of drug-likeness (QED) is 0.602. The number of hydrogen-bond donors (Lipinski definition) is 0. The minimum absolute atomic E-state index is 0.0801. The Balaban J connectivity index is 2.15. The van der Waals surface area contributed by atoms with Gasteiger partial charge >= 0.3 is 0 Å². The van der Waals surface area contributed by atoms with Crippen molar-refractivity contribution in [2.24, 2.45) is 0 Å². The highest BCUT2D eigenvalue weighted by molar-refractivity contribution is 4.63. The lowest BCUT2D eigenvalue weighted by molar-refractivity contribution is -0.0596. The molecule has 10 heavy (non-hydrogen) atoms. The van der Waals surface area contributed by atoms with E-state index in [0.29, 0.717) is 6.10 Å². The molecule has 60 valence electrons. The van der Waals surface area contributed by atoms with Crippen LogP contribution in [0.2, 0.25) is 0 Å². The van der Waals surface area contributed by atoms with Crippen LogP contribution in [-0.4, -0.2) is 19.0 Å². The average molecular weight is 144 g/mol. The normalized spacial score (nSPS) is 33.0. The maximum Gasteiger partial charge on any atom is 0.157 e. The van der Waals surface area contributed by atoms with Gasteiger partial charge in [-0.3, -0.25) is 0 Å². The minimum Gasteiger partial charge on any atom is -0.350 e. The summed E-state index contributed by atoms with van der Waals surface area (Å²) in [7, 11) is 0. The van der Waals surface area contributed by atoms with Crippen molar-refractivity contribution in [2.75, 3.05) is 6.61 Å². The van der Waals surface area contributed by atoms with Crippen LogP contribution in [-0.2, 0) is 9.47 Å². The Labute approximate surface area is 62.5 Å². The molecule has 0 N–H and O–H groups in total. The third-order valence-corrected chi connectivity index (χ3v) is 1.76. The molecule has 1 rings (SSSR count). The van der Waals surface area contributed by atoms with Crippen LogP contribution in [0, 0.1) is 0 Å². The van der Waals surface area contributed by atoms with Gasteiger partial charge in [0.2, 0.25) is 0 Å². The van der Waals surface area contributed by atoms with E-state index < -0.39 is 0 Å². The Hall–Kier alpha value is -0.0800. The van der Waals surface area contributed by atoms with Gasteiger partial charge in [-0.05, 0) is 12.8 Å². The van der Waals surface area contributed by atoms with Crippen LogP contribution in [0.25, 0.3) is 0 Å². The van der Waals surface area contributed by atoms with E-state index in [-0.39, 0.29) is 6.29 Å². The van der Waals surface area contributed by atoms with E-state index >= 15 is 0 Å².